The van der Waals surface area contributed by atoms with Crippen molar-refractivity contribution >= 4 is 12.0 Å². The number of likely N-dealkylation sites (N-methyl/N-ethyl adjacent to an activating group) is 1. The highest BCUT2D eigenvalue weighted by Crippen LogP contribution is 2.38. The van der Waals surface area contributed by atoms with Gasteiger partial charge in [-0.25, -0.2) is 4.79 Å². The van der Waals surface area contributed by atoms with Crippen molar-refractivity contribution in [3.05, 3.63) is 0 Å². The normalized spacial score (nSPS) is 37.5. The Morgan fingerprint density at radius 2 is 1.66 bits per heavy atom. The van der Waals surface area contributed by atoms with Gasteiger partial charge in [-0.15, -0.1) is 0 Å². The molecule has 0 radical (unpaired) electrons. The van der Waals surface area contributed by atoms with Crippen molar-refractivity contribution in [1.82, 2.24) is 20.4 Å². The monoisotopic (exact) mass is 893 g/mol. The van der Waals surface area contributed by atoms with Crippen molar-refractivity contribution in [3.8, 4) is 0 Å². The molecule has 2 saturated heterocycles. The lowest BCUT2D eigenvalue weighted by atomic mass is 9.77. The summed E-state index contributed by atoms with van der Waals surface area (Å²) in [5.74, 6) is -2.83. The summed E-state index contributed by atoms with van der Waals surface area (Å²) < 4.78 is 37.5. The minimum atomic E-state index is -1.90. The zero-order chi connectivity index (χ0) is 47.1. The summed E-state index contributed by atoms with van der Waals surface area (Å²) >= 11 is 0. The predicted octanol–water partition coefficient (Wildman–Crippen LogP) is 3.01. The van der Waals surface area contributed by atoms with Gasteiger partial charge in [-0.2, -0.15) is 0 Å². The lowest BCUT2D eigenvalue weighted by Gasteiger charge is -2.47. The Labute approximate surface area is 372 Å². The van der Waals surface area contributed by atoms with Gasteiger partial charge in [0.25, 0.3) is 0 Å². The lowest BCUT2D eigenvalue weighted by Crippen LogP contribution is -2.59. The van der Waals surface area contributed by atoms with Crippen molar-refractivity contribution in [1.29, 1.82) is 0 Å². The molecule has 7 N–H and O–H groups in total. The molecular weight excluding hydrogens is 805 g/mol. The first kappa shape index (κ1) is 56.4. The molecule has 0 bridgehead atoms. The van der Waals surface area contributed by atoms with E-state index in [1.54, 1.807) is 55.6 Å². The fourth-order valence-corrected chi connectivity index (χ4v) is 8.97. The third kappa shape index (κ3) is 16.6. The Morgan fingerprint density at radius 3 is 2.23 bits per heavy atom. The van der Waals surface area contributed by atoms with Gasteiger partial charge in [0.1, 0.15) is 23.9 Å². The first-order valence-electron chi connectivity index (χ1n) is 23.1. The van der Waals surface area contributed by atoms with Crippen LogP contribution in [0.25, 0.3) is 0 Å². The van der Waals surface area contributed by atoms with Crippen molar-refractivity contribution in [2.24, 2.45) is 17.8 Å². The maximum Gasteiger partial charge on any atom is 0.314 e. The number of amides is 2. The molecule has 62 heavy (non-hydrogen) atoms. The van der Waals surface area contributed by atoms with Crippen LogP contribution >= 0.6 is 0 Å². The number of cyclic esters (lactones) is 1. The smallest absolute Gasteiger partial charge is 0.314 e. The molecule has 17 heteroatoms. The number of hydrogen-bond acceptors (Lipinski definition) is 15. The molecule has 2 aliphatic heterocycles. The van der Waals surface area contributed by atoms with Crippen LogP contribution in [0.2, 0.25) is 0 Å². The van der Waals surface area contributed by atoms with Gasteiger partial charge >= 0.3 is 12.0 Å². The molecule has 17 nitrogen and oxygen atoms in total. The van der Waals surface area contributed by atoms with Crippen LogP contribution in [-0.4, -0.2) is 186 Å². The molecule has 2 amide bonds. The topological polar surface area (TPSA) is 221 Å². The lowest BCUT2D eigenvalue weighted by molar-refractivity contribution is -0.306. The molecule has 366 valence electrons. The molecule has 2 aliphatic rings. The molecule has 0 aromatic carbocycles. The van der Waals surface area contributed by atoms with Crippen LogP contribution in [0, 0.1) is 17.8 Å². The van der Waals surface area contributed by atoms with Crippen LogP contribution in [0.1, 0.15) is 121 Å². The fourth-order valence-electron chi connectivity index (χ4n) is 8.97. The van der Waals surface area contributed by atoms with E-state index in [1.807, 2.05) is 37.7 Å². The SMILES string of the molecule is CCCCNC(=O)NCCCN1C[C@H](C)C[C@@](C)(O)[C@H](O[C@@H]2O[C@H](C)C[C@H](N(C)C)[C@H]2O)[C@@H](C)[C@H](O[C@@H](CCOC)O[C@@H](C)[C@@H](C)O)[C@@H](C)C(=O)O[C@H](CC)[C@@](C)(O)[C@H](O)[C@H]1C. The molecule has 2 fully saturated rings. The summed E-state index contributed by atoms with van der Waals surface area (Å²) in [4.78, 5) is 30.8. The third-order valence-corrected chi connectivity index (χ3v) is 12.9. The number of ether oxygens (including phenoxy) is 6. The Bertz CT molecular complexity index is 1290. The van der Waals surface area contributed by atoms with Crippen molar-refractivity contribution in [3.63, 3.8) is 0 Å². The standard InChI is InChI=1S/C45H88N4O13/c1-15-17-20-46-43(54)47-21-18-22-49-26-27(3)25-44(10,55)40(62-42-37(51)34(48(12)13)24-28(4)58-42)29(5)38(61-36(19-23-57-14)59-33(9)32(8)50)30(6)41(53)60-35(16-2)45(11,56)39(52)31(49)7/h27-40,42,50-52,55-56H,15-26H2,1-14H3,(H2,46,47,54)/t27-,28-,29+,30-,31-,32-,33+,34+,35-,36+,37-,38+,39-,40-,42+,44-,45-/m1/s1. The molecule has 0 aliphatic carbocycles. The van der Waals surface area contributed by atoms with Gasteiger partial charge in [-0.05, 0) is 101 Å². The van der Waals surface area contributed by atoms with Gasteiger partial charge in [-0.3, -0.25) is 9.69 Å². The maximum absolute atomic E-state index is 14.5. The Morgan fingerprint density at radius 1 is 1.03 bits per heavy atom. The van der Waals surface area contributed by atoms with Gasteiger partial charge in [0.05, 0.1) is 48.6 Å². The van der Waals surface area contributed by atoms with Gasteiger partial charge in [0, 0.05) is 57.7 Å². The van der Waals surface area contributed by atoms with Crippen molar-refractivity contribution in [2.45, 2.75) is 206 Å². The Hall–Kier alpha value is -1.74. The van der Waals surface area contributed by atoms with E-state index in [2.05, 4.69) is 17.6 Å². The maximum atomic E-state index is 14.5. The van der Waals surface area contributed by atoms with E-state index in [4.69, 9.17) is 28.4 Å². The number of nitrogens with one attached hydrogen (secondary N) is 2. The summed E-state index contributed by atoms with van der Waals surface area (Å²) in [7, 11) is 5.30. The molecule has 17 atom stereocenters. The van der Waals surface area contributed by atoms with E-state index in [0.717, 1.165) is 12.8 Å². The van der Waals surface area contributed by atoms with Crippen LogP contribution in [0.15, 0.2) is 0 Å². The number of rotatable bonds is 19. The van der Waals surface area contributed by atoms with Crippen molar-refractivity contribution in [2.75, 3.05) is 54.0 Å². The van der Waals surface area contributed by atoms with Crippen LogP contribution in [0.3, 0.4) is 0 Å². The summed E-state index contributed by atoms with van der Waals surface area (Å²) in [6.45, 7) is 21.4. The number of carbonyl (C=O) groups excluding carboxylic acids is 2. The average molecular weight is 893 g/mol. The summed E-state index contributed by atoms with van der Waals surface area (Å²) in [5.41, 5.74) is -3.53. The molecule has 0 spiro atoms. The van der Waals surface area contributed by atoms with E-state index in [-0.39, 0.29) is 50.0 Å². The highest BCUT2D eigenvalue weighted by molar-refractivity contribution is 5.73. The van der Waals surface area contributed by atoms with Crippen LogP contribution in [0.5, 0.6) is 0 Å². The molecular formula is C45H88N4O13. The molecule has 0 saturated carbocycles. The second kappa shape index (κ2) is 26.4. The second-order valence-corrected chi connectivity index (χ2v) is 19.0. The Kier molecular flexibility index (Phi) is 24.0. The highest BCUT2D eigenvalue weighted by atomic mass is 16.7. The number of hydrogen-bond donors (Lipinski definition) is 7. The van der Waals surface area contributed by atoms with Crippen molar-refractivity contribution < 1.29 is 63.5 Å². The molecule has 2 heterocycles. The largest absolute Gasteiger partial charge is 0.459 e. The van der Waals surface area contributed by atoms with Crippen LogP contribution < -0.4 is 10.6 Å². The molecule has 0 unspecified atom stereocenters. The van der Waals surface area contributed by atoms with Gasteiger partial charge < -0.3 is 69.5 Å². The van der Waals surface area contributed by atoms with E-state index in [1.165, 1.54) is 6.92 Å². The molecule has 0 aromatic rings. The van der Waals surface area contributed by atoms with E-state index >= 15 is 0 Å². The minimum Gasteiger partial charge on any atom is -0.459 e. The number of esters is 1. The van der Waals surface area contributed by atoms with E-state index < -0.39 is 90.4 Å². The quantitative estimate of drug-likeness (QED) is 0.0563. The Balaban J connectivity index is 2.75. The van der Waals surface area contributed by atoms with Crippen LogP contribution in [0.4, 0.5) is 4.79 Å². The van der Waals surface area contributed by atoms with Gasteiger partial charge in [0.2, 0.25) is 0 Å². The molecule has 2 rings (SSSR count). The van der Waals surface area contributed by atoms with E-state index in [9.17, 15) is 35.1 Å². The third-order valence-electron chi connectivity index (χ3n) is 12.9. The van der Waals surface area contributed by atoms with Gasteiger partial charge in [0.15, 0.2) is 12.6 Å². The first-order valence-corrected chi connectivity index (χ1v) is 23.1. The minimum absolute atomic E-state index is 0.164. The van der Waals surface area contributed by atoms with Gasteiger partial charge in [-0.1, -0.05) is 34.1 Å². The molecule has 0 aromatic heterocycles. The number of unbranched alkanes of at least 4 members (excludes halogenated alkanes) is 1. The number of aliphatic hydroxyl groups is 5. The number of methoxy groups -OCH3 is 1. The average Bonchev–Trinajstić information content (AvgIpc) is 3.19. The number of urea groups is 1. The number of nitrogens with zero attached hydrogens (tertiary/aromatic N) is 2. The van der Waals surface area contributed by atoms with E-state index in [0.29, 0.717) is 39.0 Å². The zero-order valence-corrected chi connectivity index (χ0v) is 40.5. The summed E-state index contributed by atoms with van der Waals surface area (Å²) in [5, 5.41) is 64.7. The summed E-state index contributed by atoms with van der Waals surface area (Å²) in [6, 6.07) is -1.22. The number of aliphatic hydroxyl groups excluding tert-OH is 3. The van der Waals surface area contributed by atoms with Crippen LogP contribution in [-0.2, 0) is 33.2 Å². The first-order chi connectivity index (χ1) is 28.9. The predicted molar refractivity (Wildman–Crippen MR) is 236 cm³/mol. The highest BCUT2D eigenvalue weighted by Gasteiger charge is 2.51. The summed E-state index contributed by atoms with van der Waals surface area (Å²) in [6.07, 6.45) is -6.23. The second-order valence-electron chi connectivity index (χ2n) is 19.0. The fraction of sp³-hybridized carbons (Fsp3) is 0.956. The zero-order valence-electron chi connectivity index (χ0n) is 40.5. The number of carbonyl (C=O) groups is 2.